The summed E-state index contributed by atoms with van der Waals surface area (Å²) in [6.07, 6.45) is 2.48. The Bertz CT molecular complexity index is 295. The molecular formula is C15H28N2+2. The van der Waals surface area contributed by atoms with Crippen LogP contribution in [0.2, 0.25) is 0 Å². The molecule has 2 heteroatoms. The lowest BCUT2D eigenvalue weighted by Crippen LogP contribution is -3.18. The molecule has 0 heterocycles. The quantitative estimate of drug-likeness (QED) is 0.641. The van der Waals surface area contributed by atoms with Gasteiger partial charge in [-0.25, -0.2) is 0 Å². The highest BCUT2D eigenvalue weighted by molar-refractivity contribution is 5.14. The van der Waals surface area contributed by atoms with Gasteiger partial charge in [0.05, 0.1) is 27.2 Å². The van der Waals surface area contributed by atoms with Gasteiger partial charge in [-0.2, -0.15) is 0 Å². The van der Waals surface area contributed by atoms with Crippen molar-refractivity contribution >= 4 is 0 Å². The molecule has 1 unspecified atom stereocenters. The van der Waals surface area contributed by atoms with Crippen molar-refractivity contribution in [2.75, 3.05) is 34.2 Å². The molecule has 0 amide bonds. The van der Waals surface area contributed by atoms with E-state index in [9.17, 15) is 0 Å². The van der Waals surface area contributed by atoms with Gasteiger partial charge in [-0.3, -0.25) is 0 Å². The number of aryl methyl sites for hydroxylation is 1. The number of quaternary nitrogens is 2. The van der Waals surface area contributed by atoms with Gasteiger partial charge in [-0.1, -0.05) is 30.3 Å². The largest absolute Gasteiger partial charge is 0.335 e. The Morgan fingerprint density at radius 3 is 2.24 bits per heavy atom. The monoisotopic (exact) mass is 236 g/mol. The molecule has 1 rings (SSSR count). The first kappa shape index (κ1) is 14.2. The van der Waals surface area contributed by atoms with Crippen LogP contribution in [0.4, 0.5) is 0 Å². The van der Waals surface area contributed by atoms with Gasteiger partial charge in [0.2, 0.25) is 0 Å². The molecular weight excluding hydrogens is 208 g/mol. The van der Waals surface area contributed by atoms with Gasteiger partial charge >= 0.3 is 0 Å². The van der Waals surface area contributed by atoms with E-state index in [0.717, 1.165) is 6.04 Å². The van der Waals surface area contributed by atoms with Crippen molar-refractivity contribution in [3.05, 3.63) is 35.9 Å². The Hall–Kier alpha value is -0.860. The minimum absolute atomic E-state index is 0.745. The molecule has 0 radical (unpaired) electrons. The molecule has 1 aromatic carbocycles. The molecule has 0 spiro atoms. The summed E-state index contributed by atoms with van der Waals surface area (Å²) in [5.74, 6) is 0. The summed E-state index contributed by atoms with van der Waals surface area (Å²) in [6.45, 7) is 4.88. The summed E-state index contributed by atoms with van der Waals surface area (Å²) in [5.41, 5.74) is 1.46. The van der Waals surface area contributed by atoms with Gasteiger partial charge in [0, 0.05) is 6.42 Å². The third-order valence-electron chi connectivity index (χ3n) is 3.57. The van der Waals surface area contributed by atoms with Gasteiger partial charge < -0.3 is 9.80 Å². The topological polar surface area (TPSA) is 8.88 Å². The van der Waals surface area contributed by atoms with Gasteiger partial charge in [-0.15, -0.1) is 0 Å². The van der Waals surface area contributed by atoms with Crippen molar-refractivity contribution in [2.45, 2.75) is 25.8 Å². The number of benzene rings is 1. The smallest absolute Gasteiger partial charge is 0.127 e. The Morgan fingerprint density at radius 1 is 1.00 bits per heavy atom. The van der Waals surface area contributed by atoms with Gasteiger partial charge in [0.15, 0.2) is 0 Å². The molecule has 17 heavy (non-hydrogen) atoms. The minimum atomic E-state index is 0.745. The summed E-state index contributed by atoms with van der Waals surface area (Å²) >= 11 is 0. The Kier molecular flexibility index (Phi) is 6.23. The molecule has 0 aromatic heterocycles. The van der Waals surface area contributed by atoms with Gasteiger partial charge in [0.1, 0.15) is 13.1 Å². The fourth-order valence-corrected chi connectivity index (χ4v) is 1.97. The van der Waals surface area contributed by atoms with Crippen molar-refractivity contribution in [1.29, 1.82) is 0 Å². The van der Waals surface area contributed by atoms with Crippen LogP contribution >= 0.6 is 0 Å². The molecule has 0 saturated heterocycles. The van der Waals surface area contributed by atoms with Gasteiger partial charge in [0.25, 0.3) is 0 Å². The van der Waals surface area contributed by atoms with E-state index < -0.39 is 0 Å². The molecule has 0 aliphatic rings. The third-order valence-corrected chi connectivity index (χ3v) is 3.57. The average molecular weight is 236 g/mol. The van der Waals surface area contributed by atoms with E-state index in [-0.39, 0.29) is 0 Å². The van der Waals surface area contributed by atoms with E-state index in [0.29, 0.717) is 0 Å². The maximum absolute atomic E-state index is 2.36. The van der Waals surface area contributed by atoms with Crippen LogP contribution in [0.3, 0.4) is 0 Å². The van der Waals surface area contributed by atoms with Crippen molar-refractivity contribution in [1.82, 2.24) is 0 Å². The molecule has 0 bridgehead atoms. The van der Waals surface area contributed by atoms with Crippen LogP contribution in [0.1, 0.15) is 18.9 Å². The van der Waals surface area contributed by atoms with E-state index >= 15 is 0 Å². The van der Waals surface area contributed by atoms with Crippen LogP contribution < -0.4 is 9.80 Å². The normalized spacial score (nSPS) is 14.9. The van der Waals surface area contributed by atoms with Crippen LogP contribution in [-0.4, -0.2) is 40.3 Å². The Balaban J connectivity index is 2.26. The number of hydrogen-bond donors (Lipinski definition) is 2. The SMILES string of the molecule is C[C@H](CCc1ccccc1)[NH+](C)CC[NH+](C)C. The molecule has 0 aliphatic carbocycles. The van der Waals surface area contributed by atoms with Crippen molar-refractivity contribution in [3.8, 4) is 0 Å². The number of rotatable bonds is 7. The molecule has 0 fully saturated rings. The first-order valence-corrected chi connectivity index (χ1v) is 6.75. The predicted molar refractivity (Wildman–Crippen MR) is 73.7 cm³/mol. The van der Waals surface area contributed by atoms with Crippen molar-refractivity contribution in [3.63, 3.8) is 0 Å². The maximum atomic E-state index is 2.36. The lowest BCUT2D eigenvalue weighted by atomic mass is 10.1. The number of likely N-dealkylation sites (N-methyl/N-ethyl adjacent to an activating group) is 2. The second-order valence-electron chi connectivity index (χ2n) is 5.48. The average Bonchev–Trinajstić information content (AvgIpc) is 2.34. The zero-order valence-electron chi connectivity index (χ0n) is 11.8. The molecule has 2 nitrogen and oxygen atoms in total. The summed E-state index contributed by atoms with van der Waals surface area (Å²) in [4.78, 5) is 3.20. The van der Waals surface area contributed by atoms with Crippen LogP contribution in [0.25, 0.3) is 0 Å². The standard InChI is InChI=1S/C15H26N2/c1-14(17(4)13-12-16(2)3)10-11-15-8-6-5-7-9-15/h5-9,14H,10-13H2,1-4H3/p+2/t14-/m1/s1. The number of hydrogen-bond acceptors (Lipinski definition) is 0. The van der Waals surface area contributed by atoms with Crippen LogP contribution in [-0.2, 0) is 6.42 Å². The lowest BCUT2D eigenvalue weighted by Gasteiger charge is -2.22. The first-order chi connectivity index (χ1) is 8.09. The summed E-state index contributed by atoms with van der Waals surface area (Å²) in [6, 6.07) is 11.6. The van der Waals surface area contributed by atoms with E-state index in [2.05, 4.69) is 58.4 Å². The second-order valence-corrected chi connectivity index (χ2v) is 5.48. The molecule has 2 N–H and O–H groups in total. The van der Waals surface area contributed by atoms with E-state index in [1.54, 1.807) is 9.80 Å². The highest BCUT2D eigenvalue weighted by Gasteiger charge is 2.13. The fraction of sp³-hybridized carbons (Fsp3) is 0.600. The second kappa shape index (κ2) is 7.46. The Labute approximate surface area is 106 Å². The zero-order valence-corrected chi connectivity index (χ0v) is 11.8. The molecule has 2 atom stereocenters. The van der Waals surface area contributed by atoms with Gasteiger partial charge in [-0.05, 0) is 18.9 Å². The van der Waals surface area contributed by atoms with E-state index in [1.165, 1.54) is 31.5 Å². The predicted octanol–water partition coefficient (Wildman–Crippen LogP) is -0.333. The molecule has 0 saturated carbocycles. The number of nitrogens with one attached hydrogen (secondary N) is 2. The van der Waals surface area contributed by atoms with Crippen LogP contribution in [0, 0.1) is 0 Å². The van der Waals surface area contributed by atoms with E-state index in [1.807, 2.05) is 0 Å². The Morgan fingerprint density at radius 2 is 1.65 bits per heavy atom. The highest BCUT2D eigenvalue weighted by Crippen LogP contribution is 2.03. The molecule has 0 aliphatic heterocycles. The van der Waals surface area contributed by atoms with Crippen LogP contribution in [0.15, 0.2) is 30.3 Å². The summed E-state index contributed by atoms with van der Waals surface area (Å²) in [7, 11) is 6.77. The maximum Gasteiger partial charge on any atom is 0.127 e. The van der Waals surface area contributed by atoms with Crippen molar-refractivity contribution in [2.24, 2.45) is 0 Å². The summed E-state index contributed by atoms with van der Waals surface area (Å²) < 4.78 is 0. The highest BCUT2D eigenvalue weighted by atomic mass is 15.2. The third kappa shape index (κ3) is 5.85. The van der Waals surface area contributed by atoms with Crippen molar-refractivity contribution < 1.29 is 9.80 Å². The zero-order chi connectivity index (χ0) is 12.7. The summed E-state index contributed by atoms with van der Waals surface area (Å²) in [5, 5.41) is 0. The lowest BCUT2D eigenvalue weighted by molar-refractivity contribution is -0.944. The van der Waals surface area contributed by atoms with Crippen LogP contribution in [0.5, 0.6) is 0 Å². The molecule has 1 aromatic rings. The fourth-order valence-electron chi connectivity index (χ4n) is 1.97. The minimum Gasteiger partial charge on any atom is -0.335 e. The van der Waals surface area contributed by atoms with E-state index in [4.69, 9.17) is 0 Å². The first-order valence-electron chi connectivity index (χ1n) is 6.75. The molecule has 96 valence electrons.